The van der Waals surface area contributed by atoms with Crippen molar-refractivity contribution in [2.45, 2.75) is 64.4 Å². The number of rotatable bonds is 6. The molecule has 1 aliphatic rings. The van der Waals surface area contributed by atoms with Gasteiger partial charge in [-0.3, -0.25) is 0 Å². The van der Waals surface area contributed by atoms with E-state index in [0.29, 0.717) is 0 Å². The Balaban J connectivity index is 2.34. The van der Waals surface area contributed by atoms with Crippen LogP contribution in [0.4, 0.5) is 0 Å². The zero-order valence-electron chi connectivity index (χ0n) is 10.4. The number of hydrogen-bond acceptors (Lipinski definition) is 2. The Kier molecular flexibility index (Phi) is 5.62. The molecule has 1 rings (SSSR count). The van der Waals surface area contributed by atoms with Gasteiger partial charge in [0.2, 0.25) is 0 Å². The minimum Gasteiger partial charge on any atom is -0.390 e. The van der Waals surface area contributed by atoms with E-state index >= 15 is 0 Å². The van der Waals surface area contributed by atoms with Gasteiger partial charge in [0.1, 0.15) is 0 Å². The normalized spacial score (nSPS) is 22.6. The summed E-state index contributed by atoms with van der Waals surface area (Å²) in [4.78, 5) is 0. The van der Waals surface area contributed by atoms with Gasteiger partial charge in [0.15, 0.2) is 0 Å². The molecule has 0 aliphatic carbocycles. The molecule has 0 spiro atoms. The molecule has 0 aromatic heterocycles. The third-order valence-electron chi connectivity index (χ3n) is 3.75. The van der Waals surface area contributed by atoms with Gasteiger partial charge in [-0.2, -0.15) is 0 Å². The number of aliphatic hydroxyl groups is 1. The number of nitrogens with one attached hydrogen (secondary N) is 1. The molecule has 0 saturated carbocycles. The number of hydrogen-bond donors (Lipinski definition) is 2. The predicted octanol–water partition coefficient (Wildman–Crippen LogP) is 2.71. The van der Waals surface area contributed by atoms with E-state index in [4.69, 9.17) is 0 Å². The highest BCUT2D eigenvalue weighted by Crippen LogP contribution is 2.30. The second kappa shape index (κ2) is 6.49. The quantitative estimate of drug-likeness (QED) is 0.711. The van der Waals surface area contributed by atoms with E-state index in [-0.39, 0.29) is 5.60 Å². The summed E-state index contributed by atoms with van der Waals surface area (Å²) in [6.45, 7) is 6.47. The van der Waals surface area contributed by atoms with E-state index < -0.39 is 0 Å². The number of unbranched alkanes of at least 4 members (excludes halogenated alkanes) is 1. The van der Waals surface area contributed by atoms with Crippen LogP contribution in [0.3, 0.4) is 0 Å². The Bertz CT molecular complexity index is 164. The third-order valence-corrected chi connectivity index (χ3v) is 3.75. The smallest absolute Gasteiger partial charge is 0.0674 e. The zero-order chi connectivity index (χ0) is 11.1. The highest BCUT2D eigenvalue weighted by molar-refractivity contribution is 4.86. The van der Waals surface area contributed by atoms with E-state index in [1.54, 1.807) is 0 Å². The first kappa shape index (κ1) is 13.0. The summed E-state index contributed by atoms with van der Waals surface area (Å²) in [5.74, 6) is 0.730. The third kappa shape index (κ3) is 4.52. The summed E-state index contributed by atoms with van der Waals surface area (Å²) in [5.41, 5.74) is -0.361. The minimum atomic E-state index is -0.361. The average molecular weight is 213 g/mol. The van der Waals surface area contributed by atoms with Crippen molar-refractivity contribution in [1.82, 2.24) is 5.32 Å². The van der Waals surface area contributed by atoms with Crippen molar-refractivity contribution >= 4 is 0 Å². The van der Waals surface area contributed by atoms with Crippen molar-refractivity contribution in [3.8, 4) is 0 Å². The fraction of sp³-hybridized carbons (Fsp3) is 1.00. The van der Waals surface area contributed by atoms with Crippen LogP contribution >= 0.6 is 0 Å². The Hall–Kier alpha value is -0.0800. The molecule has 1 heterocycles. The van der Waals surface area contributed by atoms with Gasteiger partial charge in [-0.25, -0.2) is 0 Å². The van der Waals surface area contributed by atoms with Gasteiger partial charge in [-0.1, -0.05) is 39.5 Å². The maximum absolute atomic E-state index is 10.4. The SMILES string of the molecule is CCCCC(CC)CC1(O)CCNCC1. The van der Waals surface area contributed by atoms with Gasteiger partial charge in [0.05, 0.1) is 5.60 Å². The summed E-state index contributed by atoms with van der Waals surface area (Å²) in [7, 11) is 0. The van der Waals surface area contributed by atoms with E-state index in [1.807, 2.05) is 0 Å². The lowest BCUT2D eigenvalue weighted by Crippen LogP contribution is -2.43. The molecule has 90 valence electrons. The van der Waals surface area contributed by atoms with Crippen molar-refractivity contribution in [2.75, 3.05) is 13.1 Å². The lowest BCUT2D eigenvalue weighted by molar-refractivity contribution is -0.0134. The van der Waals surface area contributed by atoms with Crippen LogP contribution in [0.15, 0.2) is 0 Å². The minimum absolute atomic E-state index is 0.361. The van der Waals surface area contributed by atoms with Gasteiger partial charge in [0.25, 0.3) is 0 Å². The summed E-state index contributed by atoms with van der Waals surface area (Å²) in [6, 6.07) is 0. The van der Waals surface area contributed by atoms with Gasteiger partial charge >= 0.3 is 0 Å². The second-order valence-electron chi connectivity index (χ2n) is 5.09. The van der Waals surface area contributed by atoms with Crippen LogP contribution in [0.25, 0.3) is 0 Å². The van der Waals surface area contributed by atoms with Gasteiger partial charge in [-0.05, 0) is 38.3 Å². The van der Waals surface area contributed by atoms with Crippen molar-refractivity contribution in [1.29, 1.82) is 0 Å². The molecule has 0 aromatic carbocycles. The van der Waals surface area contributed by atoms with Crippen LogP contribution in [0.1, 0.15) is 58.8 Å². The molecule has 15 heavy (non-hydrogen) atoms. The van der Waals surface area contributed by atoms with Gasteiger partial charge in [-0.15, -0.1) is 0 Å². The Morgan fingerprint density at radius 2 is 1.93 bits per heavy atom. The van der Waals surface area contributed by atoms with E-state index in [9.17, 15) is 5.11 Å². The van der Waals surface area contributed by atoms with Crippen LogP contribution in [-0.4, -0.2) is 23.8 Å². The maximum atomic E-state index is 10.4. The molecule has 2 N–H and O–H groups in total. The molecule has 1 saturated heterocycles. The summed E-state index contributed by atoms with van der Waals surface area (Å²) >= 11 is 0. The fourth-order valence-electron chi connectivity index (χ4n) is 2.58. The highest BCUT2D eigenvalue weighted by Gasteiger charge is 2.31. The fourth-order valence-corrected chi connectivity index (χ4v) is 2.58. The first-order valence-corrected chi connectivity index (χ1v) is 6.63. The first-order chi connectivity index (χ1) is 7.20. The van der Waals surface area contributed by atoms with Crippen LogP contribution in [-0.2, 0) is 0 Å². The predicted molar refractivity (Wildman–Crippen MR) is 65.0 cm³/mol. The molecule has 2 heteroatoms. The molecule has 0 amide bonds. The lowest BCUT2D eigenvalue weighted by Gasteiger charge is -2.35. The summed E-state index contributed by atoms with van der Waals surface area (Å²) < 4.78 is 0. The average Bonchev–Trinajstić information content (AvgIpc) is 2.25. The van der Waals surface area contributed by atoms with E-state index in [0.717, 1.165) is 38.3 Å². The molecule has 1 unspecified atom stereocenters. The van der Waals surface area contributed by atoms with Crippen LogP contribution in [0, 0.1) is 5.92 Å². The van der Waals surface area contributed by atoms with Crippen LogP contribution in [0.5, 0.6) is 0 Å². The van der Waals surface area contributed by atoms with E-state index in [2.05, 4.69) is 19.2 Å². The first-order valence-electron chi connectivity index (χ1n) is 6.63. The molecule has 1 fully saturated rings. The van der Waals surface area contributed by atoms with Crippen LogP contribution in [0.2, 0.25) is 0 Å². The van der Waals surface area contributed by atoms with Crippen LogP contribution < -0.4 is 5.32 Å². The lowest BCUT2D eigenvalue weighted by atomic mass is 9.80. The molecule has 1 atom stereocenters. The highest BCUT2D eigenvalue weighted by atomic mass is 16.3. The van der Waals surface area contributed by atoms with Crippen molar-refractivity contribution in [3.63, 3.8) is 0 Å². The standard InChI is InChI=1S/C13H27NO/c1-3-5-6-12(4-2)11-13(15)7-9-14-10-8-13/h12,14-15H,3-11H2,1-2H3. The molecular weight excluding hydrogens is 186 g/mol. The largest absolute Gasteiger partial charge is 0.390 e. The Morgan fingerprint density at radius 1 is 1.27 bits per heavy atom. The van der Waals surface area contributed by atoms with Crippen molar-refractivity contribution < 1.29 is 5.11 Å². The molecule has 2 nitrogen and oxygen atoms in total. The van der Waals surface area contributed by atoms with Gasteiger partial charge < -0.3 is 10.4 Å². The molecule has 0 radical (unpaired) electrons. The van der Waals surface area contributed by atoms with Crippen molar-refractivity contribution in [2.24, 2.45) is 5.92 Å². The summed E-state index contributed by atoms with van der Waals surface area (Å²) in [5, 5.41) is 13.7. The topological polar surface area (TPSA) is 32.3 Å². The molecule has 0 aromatic rings. The Labute approximate surface area is 94.5 Å². The Morgan fingerprint density at radius 3 is 2.47 bits per heavy atom. The molecular formula is C13H27NO. The van der Waals surface area contributed by atoms with Crippen molar-refractivity contribution in [3.05, 3.63) is 0 Å². The molecule has 1 aliphatic heterocycles. The van der Waals surface area contributed by atoms with Gasteiger partial charge in [0, 0.05) is 0 Å². The van der Waals surface area contributed by atoms with E-state index in [1.165, 1.54) is 25.7 Å². The zero-order valence-corrected chi connectivity index (χ0v) is 10.4. The molecule has 0 bridgehead atoms. The number of piperidine rings is 1. The second-order valence-corrected chi connectivity index (χ2v) is 5.09. The summed E-state index contributed by atoms with van der Waals surface area (Å²) in [6.07, 6.45) is 8.00. The maximum Gasteiger partial charge on any atom is 0.0674 e. The monoisotopic (exact) mass is 213 g/mol.